The minimum atomic E-state index is -4.44. The van der Waals surface area contributed by atoms with Crippen molar-refractivity contribution in [1.82, 2.24) is 5.32 Å². The number of phenolic OH excluding ortho intramolecular Hbond substituents is 1. The second-order valence-electron chi connectivity index (χ2n) is 6.28. The van der Waals surface area contributed by atoms with E-state index >= 15 is 0 Å². The number of hydrogen-bond acceptors (Lipinski definition) is 5. The molecule has 0 unspecified atom stereocenters. The number of nitrogens with one attached hydrogen (secondary N) is 1. The summed E-state index contributed by atoms with van der Waals surface area (Å²) in [6.45, 7) is 0. The van der Waals surface area contributed by atoms with Crippen LogP contribution in [0.4, 0.5) is 23.7 Å². The Morgan fingerprint density at radius 1 is 1.07 bits per heavy atom. The van der Waals surface area contributed by atoms with Crippen molar-refractivity contribution in [3.05, 3.63) is 76.9 Å². The maximum Gasteiger partial charge on any atom is 0.416 e. The van der Waals surface area contributed by atoms with Crippen molar-refractivity contribution < 1.29 is 27.5 Å². The fraction of sp³-hybridized carbons (Fsp3) is 0.0476. The number of alkyl halides is 3. The molecule has 2 aromatic carbocycles. The molecule has 4 rings (SSSR count). The number of benzene rings is 2. The number of carbonyl (C=O) groups excluding carboxylic acids is 1. The molecule has 1 saturated heterocycles. The highest BCUT2D eigenvalue weighted by Gasteiger charge is 2.30. The summed E-state index contributed by atoms with van der Waals surface area (Å²) in [7, 11) is 0. The molecule has 1 aromatic heterocycles. The highest BCUT2D eigenvalue weighted by atomic mass is 32.2. The first-order valence-corrected chi connectivity index (χ1v) is 9.46. The Bertz CT molecular complexity index is 1160. The first-order valence-electron chi connectivity index (χ1n) is 8.64. The number of furan rings is 1. The first kappa shape index (κ1) is 19.8. The molecule has 0 bridgehead atoms. The molecule has 0 saturated carbocycles. The normalized spacial score (nSPS) is 17.0. The summed E-state index contributed by atoms with van der Waals surface area (Å²) in [4.78, 5) is 16.7. The smallest absolute Gasteiger partial charge is 0.416 e. The van der Waals surface area contributed by atoms with Crippen LogP contribution in [0.5, 0.6) is 5.75 Å². The maximum atomic E-state index is 12.9. The van der Waals surface area contributed by atoms with Gasteiger partial charge in [0.05, 0.1) is 16.2 Å². The van der Waals surface area contributed by atoms with Gasteiger partial charge in [0.15, 0.2) is 0 Å². The van der Waals surface area contributed by atoms with Crippen LogP contribution in [0.25, 0.3) is 17.4 Å². The van der Waals surface area contributed by atoms with Gasteiger partial charge in [-0.2, -0.15) is 13.2 Å². The van der Waals surface area contributed by atoms with Gasteiger partial charge in [-0.15, -0.1) is 0 Å². The lowest BCUT2D eigenvalue weighted by Crippen LogP contribution is -2.18. The summed E-state index contributed by atoms with van der Waals surface area (Å²) in [6, 6.07) is 14.1. The van der Waals surface area contributed by atoms with Crippen molar-refractivity contribution in [2.24, 2.45) is 4.99 Å². The number of rotatable bonds is 3. The molecule has 9 heteroatoms. The van der Waals surface area contributed by atoms with E-state index in [0.29, 0.717) is 27.8 Å². The highest BCUT2D eigenvalue weighted by molar-refractivity contribution is 8.18. The molecule has 0 spiro atoms. The molecule has 2 N–H and O–H groups in total. The SMILES string of the molecule is O=C1NC(=Nc2ccc(O)cc2)/C(=C/c2ccc(-c3cccc(C(F)(F)F)c3)o2)S1. The number of aromatic hydroxyl groups is 1. The number of thioether (sulfide) groups is 1. The van der Waals surface area contributed by atoms with E-state index in [2.05, 4.69) is 10.3 Å². The average Bonchev–Trinajstić information content (AvgIpc) is 3.30. The van der Waals surface area contributed by atoms with Crippen molar-refractivity contribution in [1.29, 1.82) is 0 Å². The molecule has 1 fully saturated rings. The van der Waals surface area contributed by atoms with Gasteiger partial charge in [-0.25, -0.2) is 4.99 Å². The minimum Gasteiger partial charge on any atom is -0.508 e. The molecule has 0 aliphatic carbocycles. The number of carbonyl (C=O) groups is 1. The zero-order chi connectivity index (χ0) is 21.3. The minimum absolute atomic E-state index is 0.0947. The van der Waals surface area contributed by atoms with Crippen molar-refractivity contribution in [2.75, 3.05) is 0 Å². The van der Waals surface area contributed by atoms with Crippen molar-refractivity contribution >= 4 is 34.6 Å². The first-order chi connectivity index (χ1) is 14.3. The van der Waals surface area contributed by atoms with Crippen LogP contribution in [0.2, 0.25) is 0 Å². The number of aliphatic imine (C=N–C) groups is 1. The third-order valence-corrected chi connectivity index (χ3v) is 4.94. The summed E-state index contributed by atoms with van der Waals surface area (Å²) >= 11 is 0.924. The Morgan fingerprint density at radius 2 is 1.83 bits per heavy atom. The van der Waals surface area contributed by atoms with Crippen LogP contribution in [0.15, 0.2) is 75.0 Å². The summed E-state index contributed by atoms with van der Waals surface area (Å²) in [6.07, 6.45) is -2.86. The number of amidine groups is 1. The second-order valence-corrected chi connectivity index (χ2v) is 7.30. The largest absolute Gasteiger partial charge is 0.508 e. The number of phenols is 1. The number of amides is 1. The summed E-state index contributed by atoms with van der Waals surface area (Å²) in [5.41, 5.74) is 0.0575. The van der Waals surface area contributed by atoms with Gasteiger partial charge in [-0.1, -0.05) is 12.1 Å². The molecule has 2 heterocycles. The molecule has 152 valence electrons. The summed E-state index contributed by atoms with van der Waals surface area (Å²) in [5, 5.41) is 11.7. The van der Waals surface area contributed by atoms with Crippen LogP contribution in [0.3, 0.4) is 0 Å². The van der Waals surface area contributed by atoms with Crippen LogP contribution < -0.4 is 5.32 Å². The van der Waals surface area contributed by atoms with Crippen molar-refractivity contribution in [2.45, 2.75) is 6.18 Å². The van der Waals surface area contributed by atoms with Crippen LogP contribution >= 0.6 is 11.8 Å². The quantitative estimate of drug-likeness (QED) is 0.519. The van der Waals surface area contributed by atoms with Crippen molar-refractivity contribution in [3.8, 4) is 17.1 Å². The predicted molar refractivity (Wildman–Crippen MR) is 108 cm³/mol. The molecule has 0 radical (unpaired) electrons. The van der Waals surface area contributed by atoms with E-state index in [9.17, 15) is 23.1 Å². The van der Waals surface area contributed by atoms with Gasteiger partial charge >= 0.3 is 6.18 Å². The van der Waals surface area contributed by atoms with Crippen LogP contribution in [-0.2, 0) is 6.18 Å². The van der Waals surface area contributed by atoms with Crippen LogP contribution in [0.1, 0.15) is 11.3 Å². The molecule has 5 nitrogen and oxygen atoms in total. The van der Waals surface area contributed by atoms with E-state index in [0.717, 1.165) is 23.9 Å². The fourth-order valence-electron chi connectivity index (χ4n) is 2.73. The van der Waals surface area contributed by atoms with Gasteiger partial charge in [0, 0.05) is 5.56 Å². The molecule has 1 amide bonds. The van der Waals surface area contributed by atoms with Gasteiger partial charge < -0.3 is 14.8 Å². The van der Waals surface area contributed by atoms with E-state index in [-0.39, 0.29) is 16.7 Å². The van der Waals surface area contributed by atoms with E-state index < -0.39 is 11.7 Å². The standard InChI is InChI=1S/C21H13F3N2O3S/c22-21(23,24)13-3-1-2-12(10-13)17-9-8-16(29-17)11-18-19(26-20(28)30-18)25-14-4-6-15(27)7-5-14/h1-11,27H,(H,25,26,28)/b18-11-. The Hall–Kier alpha value is -3.46. The molecular formula is C21H13F3N2O3S. The van der Waals surface area contributed by atoms with Gasteiger partial charge in [0.2, 0.25) is 0 Å². The van der Waals surface area contributed by atoms with Gasteiger partial charge in [-0.05, 0) is 66.4 Å². The third-order valence-electron chi connectivity index (χ3n) is 4.12. The predicted octanol–water partition coefficient (Wildman–Crippen LogP) is 6.20. The molecule has 1 aliphatic heterocycles. The van der Waals surface area contributed by atoms with E-state index in [1.165, 1.54) is 24.3 Å². The average molecular weight is 430 g/mol. The lowest BCUT2D eigenvalue weighted by atomic mass is 10.1. The topological polar surface area (TPSA) is 74.8 Å². The maximum absolute atomic E-state index is 12.9. The lowest BCUT2D eigenvalue weighted by molar-refractivity contribution is -0.137. The highest BCUT2D eigenvalue weighted by Crippen LogP contribution is 2.34. The van der Waals surface area contributed by atoms with E-state index in [1.54, 1.807) is 30.3 Å². The molecule has 1 aliphatic rings. The van der Waals surface area contributed by atoms with E-state index in [4.69, 9.17) is 4.42 Å². The zero-order valence-electron chi connectivity index (χ0n) is 15.1. The number of nitrogens with zero attached hydrogens (tertiary/aromatic N) is 1. The van der Waals surface area contributed by atoms with Crippen molar-refractivity contribution in [3.63, 3.8) is 0 Å². The molecule has 30 heavy (non-hydrogen) atoms. The molecule has 3 aromatic rings. The lowest BCUT2D eigenvalue weighted by Gasteiger charge is -2.07. The Morgan fingerprint density at radius 3 is 2.57 bits per heavy atom. The fourth-order valence-corrected chi connectivity index (χ4v) is 3.45. The molecular weight excluding hydrogens is 417 g/mol. The van der Waals surface area contributed by atoms with E-state index in [1.807, 2.05) is 0 Å². The Balaban J connectivity index is 1.63. The zero-order valence-corrected chi connectivity index (χ0v) is 15.9. The van der Waals surface area contributed by atoms with Gasteiger partial charge in [-0.3, -0.25) is 4.79 Å². The van der Waals surface area contributed by atoms with Gasteiger partial charge in [0.1, 0.15) is 23.1 Å². The van der Waals surface area contributed by atoms with Crippen LogP contribution in [-0.4, -0.2) is 16.2 Å². The second kappa shape index (κ2) is 7.75. The third kappa shape index (κ3) is 4.41. The van der Waals surface area contributed by atoms with Crippen LogP contribution in [0, 0.1) is 0 Å². The van der Waals surface area contributed by atoms with Gasteiger partial charge in [0.25, 0.3) is 5.24 Å². The number of halogens is 3. The monoisotopic (exact) mass is 430 g/mol. The summed E-state index contributed by atoms with van der Waals surface area (Å²) < 4.78 is 44.5. The Kier molecular flexibility index (Phi) is 5.13. The number of hydrogen-bond donors (Lipinski definition) is 2. The molecule has 0 atom stereocenters. The Labute approximate surface area is 172 Å². The summed E-state index contributed by atoms with van der Waals surface area (Å²) in [5.74, 6) is 1.04.